The van der Waals surface area contributed by atoms with Gasteiger partial charge in [-0.1, -0.05) is 83.4 Å². The van der Waals surface area contributed by atoms with Crippen LogP contribution in [-0.2, 0) is 6.42 Å². The Bertz CT molecular complexity index is 949. The first kappa shape index (κ1) is 27.0. The molecular formula is C32H43NO2. The molecule has 2 aromatic rings. The zero-order chi connectivity index (χ0) is 24.9. The fraction of sp³-hybridized carbons (Fsp3) is 0.562. The molecule has 1 aliphatic carbocycles. The summed E-state index contributed by atoms with van der Waals surface area (Å²) in [5.74, 6) is 1.44. The van der Waals surface area contributed by atoms with Gasteiger partial charge >= 0.3 is 5.97 Å². The number of nitrogens with zero attached hydrogens (tertiary/aromatic N) is 1. The number of hydrogen-bond donors (Lipinski definition) is 0. The molecule has 0 N–H and O–H groups in total. The van der Waals surface area contributed by atoms with Gasteiger partial charge in [-0.15, -0.1) is 0 Å². The third kappa shape index (κ3) is 8.53. The van der Waals surface area contributed by atoms with Crippen molar-refractivity contribution in [1.29, 1.82) is 5.26 Å². The maximum atomic E-state index is 12.8. The van der Waals surface area contributed by atoms with Crippen molar-refractivity contribution in [2.24, 2.45) is 5.92 Å². The molecule has 1 aliphatic rings. The standard InChI is InChI=1S/C32H43NO2/c1-3-5-7-8-10-12-26-15-22-31(30(23-26)24-33)35-32(34)29-20-18-28(19-21-29)27-16-13-25(14-17-27)11-9-6-4-2/h15,18-23,25,27H,3-14,16-17H2,1-2H3. The lowest BCUT2D eigenvalue weighted by atomic mass is 9.77. The van der Waals surface area contributed by atoms with Crippen molar-refractivity contribution in [3.63, 3.8) is 0 Å². The van der Waals surface area contributed by atoms with E-state index in [-0.39, 0.29) is 0 Å². The number of rotatable bonds is 13. The van der Waals surface area contributed by atoms with E-state index < -0.39 is 5.97 Å². The Labute approximate surface area is 212 Å². The number of carbonyl (C=O) groups excluding carboxylic acids is 1. The molecule has 3 heteroatoms. The Morgan fingerprint density at radius 3 is 2.26 bits per heavy atom. The minimum Gasteiger partial charge on any atom is -0.422 e. The Kier molecular flexibility index (Phi) is 11.4. The molecular weight excluding hydrogens is 430 g/mol. The molecule has 0 heterocycles. The molecule has 0 radical (unpaired) electrons. The van der Waals surface area contributed by atoms with E-state index in [0.29, 0.717) is 22.8 Å². The fourth-order valence-corrected chi connectivity index (χ4v) is 5.36. The Hall–Kier alpha value is -2.60. The second kappa shape index (κ2) is 14.7. The van der Waals surface area contributed by atoms with E-state index in [0.717, 1.165) is 24.3 Å². The number of carbonyl (C=O) groups is 1. The van der Waals surface area contributed by atoms with E-state index in [2.05, 4.69) is 32.0 Å². The summed E-state index contributed by atoms with van der Waals surface area (Å²) in [5.41, 5.74) is 3.42. The largest absolute Gasteiger partial charge is 0.422 e. The SMILES string of the molecule is CCCCCCCc1ccc(OC(=O)c2ccc(C3CCC(CCCCC)CC3)cc2)c(C#N)c1. The van der Waals surface area contributed by atoms with Gasteiger partial charge < -0.3 is 4.74 Å². The molecule has 3 rings (SSSR count). The monoisotopic (exact) mass is 473 g/mol. The normalized spacial score (nSPS) is 17.6. The van der Waals surface area contributed by atoms with Crippen molar-refractivity contribution in [2.75, 3.05) is 0 Å². The molecule has 0 spiro atoms. The van der Waals surface area contributed by atoms with Gasteiger partial charge in [0.2, 0.25) is 0 Å². The number of benzene rings is 2. The van der Waals surface area contributed by atoms with Crippen LogP contribution < -0.4 is 4.74 Å². The van der Waals surface area contributed by atoms with E-state index in [1.807, 2.05) is 24.3 Å². The van der Waals surface area contributed by atoms with Crippen molar-refractivity contribution < 1.29 is 9.53 Å². The minimum atomic E-state index is -0.403. The second-order valence-corrected chi connectivity index (χ2v) is 10.3. The van der Waals surface area contributed by atoms with E-state index in [1.165, 1.54) is 82.6 Å². The smallest absolute Gasteiger partial charge is 0.343 e. The van der Waals surface area contributed by atoms with Gasteiger partial charge in [0.25, 0.3) is 0 Å². The molecule has 0 bridgehead atoms. The van der Waals surface area contributed by atoms with Crippen molar-refractivity contribution >= 4 is 5.97 Å². The Balaban J connectivity index is 1.51. The zero-order valence-electron chi connectivity index (χ0n) is 21.9. The number of nitriles is 1. The quantitative estimate of drug-likeness (QED) is 0.165. The van der Waals surface area contributed by atoms with Gasteiger partial charge in [0, 0.05) is 0 Å². The first-order chi connectivity index (χ1) is 17.1. The highest BCUT2D eigenvalue weighted by Gasteiger charge is 2.22. The van der Waals surface area contributed by atoms with Crippen molar-refractivity contribution in [3.8, 4) is 11.8 Å². The van der Waals surface area contributed by atoms with E-state index in [9.17, 15) is 10.1 Å². The lowest BCUT2D eigenvalue weighted by Crippen LogP contribution is -2.14. The Morgan fingerprint density at radius 1 is 0.886 bits per heavy atom. The fourth-order valence-electron chi connectivity index (χ4n) is 5.36. The third-order valence-electron chi connectivity index (χ3n) is 7.62. The third-order valence-corrected chi connectivity index (χ3v) is 7.62. The van der Waals surface area contributed by atoms with Crippen LogP contribution in [0.2, 0.25) is 0 Å². The lowest BCUT2D eigenvalue weighted by molar-refractivity contribution is 0.0734. The lowest BCUT2D eigenvalue weighted by Gasteiger charge is -2.29. The predicted octanol–water partition coefficient (Wildman–Crippen LogP) is 9.14. The molecule has 1 fully saturated rings. The number of ether oxygens (including phenoxy) is 1. The molecule has 1 saturated carbocycles. The average molecular weight is 474 g/mol. The summed E-state index contributed by atoms with van der Waals surface area (Å²) in [5, 5.41) is 9.59. The predicted molar refractivity (Wildman–Crippen MR) is 144 cm³/mol. The molecule has 2 aromatic carbocycles. The van der Waals surface area contributed by atoms with Crippen LogP contribution in [0.25, 0.3) is 0 Å². The maximum Gasteiger partial charge on any atom is 0.343 e. The highest BCUT2D eigenvalue weighted by molar-refractivity contribution is 5.91. The molecule has 0 saturated heterocycles. The highest BCUT2D eigenvalue weighted by Crippen LogP contribution is 2.37. The van der Waals surface area contributed by atoms with Gasteiger partial charge in [-0.05, 0) is 85.8 Å². The molecule has 0 aromatic heterocycles. The summed E-state index contributed by atoms with van der Waals surface area (Å²) in [7, 11) is 0. The highest BCUT2D eigenvalue weighted by atomic mass is 16.5. The van der Waals surface area contributed by atoms with Crippen LogP contribution in [0, 0.1) is 17.2 Å². The minimum absolute atomic E-state index is 0.345. The van der Waals surface area contributed by atoms with Crippen molar-refractivity contribution in [2.45, 2.75) is 110 Å². The molecule has 0 aliphatic heterocycles. The number of aryl methyl sites for hydroxylation is 1. The van der Waals surface area contributed by atoms with Crippen LogP contribution >= 0.6 is 0 Å². The maximum absolute atomic E-state index is 12.8. The number of esters is 1. The summed E-state index contributed by atoms with van der Waals surface area (Å²) >= 11 is 0. The summed E-state index contributed by atoms with van der Waals surface area (Å²) in [6.07, 6.45) is 17.6. The first-order valence-corrected chi connectivity index (χ1v) is 14.0. The van der Waals surface area contributed by atoms with E-state index in [4.69, 9.17) is 4.74 Å². The summed E-state index contributed by atoms with van der Waals surface area (Å²) in [4.78, 5) is 12.8. The van der Waals surface area contributed by atoms with Crippen LogP contribution in [0.3, 0.4) is 0 Å². The first-order valence-electron chi connectivity index (χ1n) is 14.0. The van der Waals surface area contributed by atoms with Gasteiger partial charge in [-0.2, -0.15) is 5.26 Å². The molecule has 0 atom stereocenters. The molecule has 188 valence electrons. The molecule has 35 heavy (non-hydrogen) atoms. The molecule has 0 unspecified atom stereocenters. The second-order valence-electron chi connectivity index (χ2n) is 10.3. The number of unbranched alkanes of at least 4 members (excludes halogenated alkanes) is 6. The van der Waals surface area contributed by atoms with Gasteiger partial charge in [0.15, 0.2) is 0 Å². The van der Waals surface area contributed by atoms with Gasteiger partial charge in [-0.25, -0.2) is 4.79 Å². The topological polar surface area (TPSA) is 50.1 Å². The zero-order valence-corrected chi connectivity index (χ0v) is 21.9. The van der Waals surface area contributed by atoms with E-state index >= 15 is 0 Å². The molecule has 3 nitrogen and oxygen atoms in total. The summed E-state index contributed by atoms with van der Waals surface area (Å²) in [6, 6.07) is 15.7. The van der Waals surface area contributed by atoms with Crippen molar-refractivity contribution in [3.05, 3.63) is 64.7 Å². The van der Waals surface area contributed by atoms with Crippen LogP contribution in [0.5, 0.6) is 5.75 Å². The van der Waals surface area contributed by atoms with Crippen molar-refractivity contribution in [1.82, 2.24) is 0 Å². The summed E-state index contributed by atoms with van der Waals surface area (Å²) < 4.78 is 5.62. The van der Waals surface area contributed by atoms with Gasteiger partial charge in [-0.3, -0.25) is 0 Å². The molecule has 0 amide bonds. The van der Waals surface area contributed by atoms with Crippen LogP contribution in [0.1, 0.15) is 130 Å². The van der Waals surface area contributed by atoms with Gasteiger partial charge in [0.1, 0.15) is 11.8 Å². The summed E-state index contributed by atoms with van der Waals surface area (Å²) in [6.45, 7) is 4.49. The van der Waals surface area contributed by atoms with Crippen LogP contribution in [0.4, 0.5) is 0 Å². The Morgan fingerprint density at radius 2 is 1.57 bits per heavy atom. The van der Waals surface area contributed by atoms with Crippen LogP contribution in [-0.4, -0.2) is 5.97 Å². The van der Waals surface area contributed by atoms with Gasteiger partial charge in [0.05, 0.1) is 11.1 Å². The average Bonchev–Trinajstić information content (AvgIpc) is 2.90. The van der Waals surface area contributed by atoms with E-state index in [1.54, 1.807) is 6.07 Å². The number of hydrogen-bond acceptors (Lipinski definition) is 3. The van der Waals surface area contributed by atoms with Crippen LogP contribution in [0.15, 0.2) is 42.5 Å².